The number of rotatable bonds is 3. The molecule has 5 nitrogen and oxygen atoms in total. The fourth-order valence-corrected chi connectivity index (χ4v) is 1.37. The zero-order valence-corrected chi connectivity index (χ0v) is 9.56. The fourth-order valence-electron chi connectivity index (χ4n) is 1.37. The number of imidazole rings is 1. The van der Waals surface area contributed by atoms with Crippen LogP contribution in [0.3, 0.4) is 0 Å². The van der Waals surface area contributed by atoms with Crippen molar-refractivity contribution in [2.75, 3.05) is 13.6 Å². The molecule has 1 rings (SSSR count). The van der Waals surface area contributed by atoms with Crippen molar-refractivity contribution >= 4 is 5.91 Å². The van der Waals surface area contributed by atoms with Gasteiger partial charge in [0.2, 0.25) is 0 Å². The van der Waals surface area contributed by atoms with E-state index in [1.54, 1.807) is 45.0 Å². The Hall–Kier alpha value is -1.36. The van der Waals surface area contributed by atoms with Crippen molar-refractivity contribution in [1.29, 1.82) is 0 Å². The summed E-state index contributed by atoms with van der Waals surface area (Å²) in [4.78, 5) is 17.2. The zero-order chi connectivity index (χ0) is 11.6. The van der Waals surface area contributed by atoms with Crippen LogP contribution in [0.15, 0.2) is 12.5 Å². The number of hydrogen-bond donors (Lipinski definition) is 1. The average molecular weight is 211 g/mol. The molecule has 1 N–H and O–H groups in total. The van der Waals surface area contributed by atoms with Gasteiger partial charge in [-0.25, -0.2) is 4.98 Å². The first kappa shape index (κ1) is 11.7. The third kappa shape index (κ3) is 3.36. The van der Waals surface area contributed by atoms with Gasteiger partial charge in [0.1, 0.15) is 5.69 Å². The average Bonchev–Trinajstić information content (AvgIpc) is 2.47. The molecular formula is C10H17N3O2. The van der Waals surface area contributed by atoms with E-state index in [0.717, 1.165) is 0 Å². The van der Waals surface area contributed by atoms with Crippen molar-refractivity contribution in [1.82, 2.24) is 14.5 Å². The molecule has 5 heteroatoms. The molecule has 0 unspecified atom stereocenters. The summed E-state index contributed by atoms with van der Waals surface area (Å²) in [6.45, 7) is 3.60. The summed E-state index contributed by atoms with van der Waals surface area (Å²) < 4.78 is 1.71. The minimum Gasteiger partial charge on any atom is -0.389 e. The van der Waals surface area contributed by atoms with Crippen molar-refractivity contribution < 1.29 is 9.90 Å². The van der Waals surface area contributed by atoms with Crippen molar-refractivity contribution in [2.24, 2.45) is 7.05 Å². The highest BCUT2D eigenvalue weighted by Crippen LogP contribution is 2.06. The van der Waals surface area contributed by atoms with E-state index >= 15 is 0 Å². The maximum absolute atomic E-state index is 11.8. The number of aromatic nitrogens is 2. The minimum absolute atomic E-state index is 0.183. The molecular weight excluding hydrogens is 194 g/mol. The monoisotopic (exact) mass is 211 g/mol. The van der Waals surface area contributed by atoms with Crippen LogP contribution in [-0.4, -0.2) is 44.7 Å². The lowest BCUT2D eigenvalue weighted by atomic mass is 10.1. The van der Waals surface area contributed by atoms with Gasteiger partial charge in [-0.1, -0.05) is 0 Å². The van der Waals surface area contributed by atoms with Crippen molar-refractivity contribution in [2.45, 2.75) is 19.4 Å². The fraction of sp³-hybridized carbons (Fsp3) is 0.600. The van der Waals surface area contributed by atoms with E-state index in [2.05, 4.69) is 4.98 Å². The van der Waals surface area contributed by atoms with Gasteiger partial charge >= 0.3 is 0 Å². The second-order valence-corrected chi connectivity index (χ2v) is 4.40. The van der Waals surface area contributed by atoms with Crippen molar-refractivity contribution in [3.8, 4) is 0 Å². The minimum atomic E-state index is -0.890. The maximum atomic E-state index is 11.8. The predicted octanol–water partition coefficient (Wildman–Crippen LogP) is 0.263. The SMILES string of the molecule is CN(CC(C)(C)O)C(=O)c1cn(C)cn1. The van der Waals surface area contributed by atoms with E-state index in [4.69, 9.17) is 0 Å². The smallest absolute Gasteiger partial charge is 0.273 e. The van der Waals surface area contributed by atoms with E-state index in [1.807, 2.05) is 0 Å². The number of amides is 1. The van der Waals surface area contributed by atoms with Crippen molar-refractivity contribution in [3.05, 3.63) is 18.2 Å². The Balaban J connectivity index is 2.69. The molecule has 0 spiro atoms. The van der Waals surface area contributed by atoms with E-state index in [0.29, 0.717) is 5.69 Å². The molecule has 1 aromatic rings. The second kappa shape index (κ2) is 4.02. The van der Waals surface area contributed by atoms with Crippen LogP contribution in [0.1, 0.15) is 24.3 Å². The summed E-state index contributed by atoms with van der Waals surface area (Å²) in [6.07, 6.45) is 3.23. The number of hydrogen-bond acceptors (Lipinski definition) is 3. The van der Waals surface area contributed by atoms with E-state index < -0.39 is 5.60 Å². The third-order valence-corrected chi connectivity index (χ3v) is 1.89. The molecule has 1 amide bonds. The van der Waals surface area contributed by atoms with E-state index in [9.17, 15) is 9.90 Å². The van der Waals surface area contributed by atoms with E-state index in [-0.39, 0.29) is 12.5 Å². The van der Waals surface area contributed by atoms with Gasteiger partial charge in [0, 0.05) is 26.8 Å². The van der Waals surface area contributed by atoms with Crippen LogP contribution in [0, 0.1) is 0 Å². The summed E-state index contributed by atoms with van der Waals surface area (Å²) in [5.41, 5.74) is -0.497. The molecule has 0 saturated heterocycles. The molecule has 0 aliphatic heterocycles. The predicted molar refractivity (Wildman–Crippen MR) is 56.5 cm³/mol. The van der Waals surface area contributed by atoms with Crippen LogP contribution in [0.2, 0.25) is 0 Å². The first-order valence-corrected chi connectivity index (χ1v) is 4.75. The number of aliphatic hydroxyl groups is 1. The molecule has 0 aromatic carbocycles. The van der Waals surface area contributed by atoms with Gasteiger partial charge in [-0.15, -0.1) is 0 Å². The van der Waals surface area contributed by atoms with Gasteiger partial charge in [-0.3, -0.25) is 4.79 Å². The number of aryl methyl sites for hydroxylation is 1. The number of nitrogens with zero attached hydrogens (tertiary/aromatic N) is 3. The number of carbonyl (C=O) groups is 1. The summed E-state index contributed by atoms with van der Waals surface area (Å²) in [6, 6.07) is 0. The molecule has 0 aliphatic rings. The van der Waals surface area contributed by atoms with Crippen LogP contribution in [0.25, 0.3) is 0 Å². The summed E-state index contributed by atoms with van der Waals surface area (Å²) in [7, 11) is 3.45. The lowest BCUT2D eigenvalue weighted by Crippen LogP contribution is -2.39. The normalized spacial score (nSPS) is 11.5. The van der Waals surface area contributed by atoms with Gasteiger partial charge < -0.3 is 14.6 Å². The first-order chi connectivity index (χ1) is 6.79. The largest absolute Gasteiger partial charge is 0.389 e. The van der Waals surface area contributed by atoms with Crippen LogP contribution < -0.4 is 0 Å². The van der Waals surface area contributed by atoms with Crippen LogP contribution in [-0.2, 0) is 7.05 Å². The van der Waals surface area contributed by atoms with Gasteiger partial charge in [0.05, 0.1) is 11.9 Å². The molecule has 1 heterocycles. The Labute approximate surface area is 89.3 Å². The molecule has 0 aliphatic carbocycles. The lowest BCUT2D eigenvalue weighted by molar-refractivity contribution is 0.0365. The maximum Gasteiger partial charge on any atom is 0.273 e. The quantitative estimate of drug-likeness (QED) is 0.780. The summed E-state index contributed by atoms with van der Waals surface area (Å²) in [5.74, 6) is -0.183. The molecule has 0 saturated carbocycles. The summed E-state index contributed by atoms with van der Waals surface area (Å²) in [5, 5.41) is 9.57. The molecule has 15 heavy (non-hydrogen) atoms. The zero-order valence-electron chi connectivity index (χ0n) is 9.56. The Morgan fingerprint density at radius 2 is 2.27 bits per heavy atom. The van der Waals surface area contributed by atoms with Gasteiger partial charge in [-0.2, -0.15) is 0 Å². The highest BCUT2D eigenvalue weighted by atomic mass is 16.3. The lowest BCUT2D eigenvalue weighted by Gasteiger charge is -2.24. The highest BCUT2D eigenvalue weighted by molar-refractivity contribution is 5.91. The molecule has 0 atom stereocenters. The van der Waals surface area contributed by atoms with Gasteiger partial charge in [-0.05, 0) is 13.8 Å². The summed E-state index contributed by atoms with van der Waals surface area (Å²) >= 11 is 0. The molecule has 0 bridgehead atoms. The number of likely N-dealkylation sites (N-methyl/N-ethyl adjacent to an activating group) is 1. The Morgan fingerprint density at radius 3 is 2.67 bits per heavy atom. The molecule has 0 radical (unpaired) electrons. The number of carbonyl (C=O) groups excluding carboxylic acids is 1. The Morgan fingerprint density at radius 1 is 1.67 bits per heavy atom. The Kier molecular flexibility index (Phi) is 3.14. The topological polar surface area (TPSA) is 58.4 Å². The second-order valence-electron chi connectivity index (χ2n) is 4.40. The van der Waals surface area contributed by atoms with Crippen LogP contribution in [0.4, 0.5) is 0 Å². The van der Waals surface area contributed by atoms with Gasteiger partial charge in [0.15, 0.2) is 0 Å². The standard InChI is InChI=1S/C10H17N3O2/c1-10(2,15)6-13(4)9(14)8-5-12(3)7-11-8/h5,7,15H,6H2,1-4H3. The van der Waals surface area contributed by atoms with Crippen LogP contribution >= 0.6 is 0 Å². The van der Waals surface area contributed by atoms with Crippen molar-refractivity contribution in [3.63, 3.8) is 0 Å². The van der Waals surface area contributed by atoms with E-state index in [1.165, 1.54) is 4.90 Å². The third-order valence-electron chi connectivity index (χ3n) is 1.89. The molecule has 1 aromatic heterocycles. The molecule has 84 valence electrons. The van der Waals surface area contributed by atoms with Crippen LogP contribution in [0.5, 0.6) is 0 Å². The highest BCUT2D eigenvalue weighted by Gasteiger charge is 2.21. The first-order valence-electron chi connectivity index (χ1n) is 4.75. The van der Waals surface area contributed by atoms with Gasteiger partial charge in [0.25, 0.3) is 5.91 Å². The Bertz CT molecular complexity index is 352. The molecule has 0 fully saturated rings.